The number of nitrogens with zero attached hydrogens (tertiary/aromatic N) is 1. The highest BCUT2D eigenvalue weighted by atomic mass is 16.1. The van der Waals surface area contributed by atoms with Crippen molar-refractivity contribution in [3.8, 4) is 0 Å². The molecule has 0 aliphatic carbocycles. The Hall–Kier alpha value is -2.85. The first-order valence-electron chi connectivity index (χ1n) is 7.64. The van der Waals surface area contributed by atoms with E-state index in [-0.39, 0.29) is 5.91 Å². The van der Waals surface area contributed by atoms with Crippen LogP contribution in [0.4, 0.5) is 0 Å². The van der Waals surface area contributed by atoms with Gasteiger partial charge in [0, 0.05) is 29.3 Å². The molecule has 0 saturated heterocycles. The fourth-order valence-corrected chi connectivity index (χ4v) is 3.18. The van der Waals surface area contributed by atoms with Crippen LogP contribution in [0.5, 0.6) is 0 Å². The molecule has 0 radical (unpaired) electrons. The Labute approximate surface area is 134 Å². The van der Waals surface area contributed by atoms with Crippen LogP contribution in [-0.4, -0.2) is 17.0 Å². The van der Waals surface area contributed by atoms with E-state index in [1.165, 1.54) is 0 Å². The van der Waals surface area contributed by atoms with Gasteiger partial charge in [-0.25, -0.2) is 0 Å². The Morgan fingerprint density at radius 3 is 2.70 bits per heavy atom. The molecule has 0 saturated carbocycles. The second-order valence-corrected chi connectivity index (χ2v) is 5.66. The van der Waals surface area contributed by atoms with Gasteiger partial charge < -0.3 is 15.6 Å². The highest BCUT2D eigenvalue weighted by Crippen LogP contribution is 2.33. The second kappa shape index (κ2) is 5.41. The Balaban J connectivity index is 1.99. The molecule has 23 heavy (non-hydrogen) atoms. The zero-order chi connectivity index (χ0) is 15.8. The number of benzene rings is 2. The summed E-state index contributed by atoms with van der Waals surface area (Å²) in [4.78, 5) is 12.4. The third kappa shape index (κ3) is 2.24. The van der Waals surface area contributed by atoms with Crippen molar-refractivity contribution in [2.75, 3.05) is 6.54 Å². The number of aromatic nitrogens is 1. The largest absolute Gasteiger partial charge is 0.348 e. The quantitative estimate of drug-likeness (QED) is 0.765. The maximum Gasteiger partial charge on any atom is 0.252 e. The molecule has 0 fully saturated rings. The van der Waals surface area contributed by atoms with E-state index >= 15 is 0 Å². The van der Waals surface area contributed by atoms with Crippen LogP contribution in [0.15, 0.2) is 54.7 Å². The van der Waals surface area contributed by atoms with E-state index in [0.717, 1.165) is 27.6 Å². The van der Waals surface area contributed by atoms with E-state index in [4.69, 9.17) is 5.73 Å². The highest BCUT2D eigenvalue weighted by Gasteiger charge is 2.22. The molecule has 2 aromatic carbocycles. The molecule has 1 aliphatic rings. The van der Waals surface area contributed by atoms with Gasteiger partial charge in [0.25, 0.3) is 5.91 Å². The molecule has 3 N–H and O–H groups in total. The van der Waals surface area contributed by atoms with Crippen LogP contribution in [0.25, 0.3) is 22.6 Å². The third-order valence-electron chi connectivity index (χ3n) is 4.27. The number of carbonyl (C=O) groups is 1. The summed E-state index contributed by atoms with van der Waals surface area (Å²) in [6, 6.07) is 15.9. The Morgan fingerprint density at radius 2 is 1.91 bits per heavy atom. The van der Waals surface area contributed by atoms with Gasteiger partial charge in [0.05, 0.1) is 12.2 Å². The summed E-state index contributed by atoms with van der Waals surface area (Å²) in [6.07, 6.45) is 4.17. The summed E-state index contributed by atoms with van der Waals surface area (Å²) in [5.41, 5.74) is 10.9. The summed E-state index contributed by atoms with van der Waals surface area (Å²) in [7, 11) is 0. The maximum absolute atomic E-state index is 12.4. The smallest absolute Gasteiger partial charge is 0.252 e. The molecule has 4 nitrogen and oxygen atoms in total. The normalized spacial score (nSPS) is 15.7. The number of hydrogen-bond acceptors (Lipinski definition) is 2. The van der Waals surface area contributed by atoms with Gasteiger partial charge in [0.2, 0.25) is 0 Å². The van der Waals surface area contributed by atoms with E-state index in [1.807, 2.05) is 47.2 Å². The van der Waals surface area contributed by atoms with Crippen LogP contribution in [0.1, 0.15) is 21.5 Å². The first kappa shape index (κ1) is 13.8. The number of nitrogens with one attached hydrogen (secondary N) is 1. The average molecular weight is 303 g/mol. The monoisotopic (exact) mass is 303 g/mol. The molecule has 0 atom stereocenters. The van der Waals surface area contributed by atoms with Crippen molar-refractivity contribution in [1.82, 2.24) is 9.88 Å². The first-order valence-corrected chi connectivity index (χ1v) is 7.64. The van der Waals surface area contributed by atoms with E-state index in [2.05, 4.69) is 23.5 Å². The van der Waals surface area contributed by atoms with E-state index in [1.54, 1.807) is 0 Å². The van der Waals surface area contributed by atoms with Crippen LogP contribution < -0.4 is 11.1 Å². The molecule has 0 spiro atoms. The van der Waals surface area contributed by atoms with Crippen molar-refractivity contribution < 1.29 is 4.79 Å². The molecule has 1 amide bonds. The zero-order valence-corrected chi connectivity index (χ0v) is 12.6. The standard InChI is InChI=1S/C19H17N3O/c20-12-22-11-16-14(9-13-5-2-1-3-6-13)10-21-19(23)15-7-4-8-17(22)18(15)16/h1-9,11H,10,12,20H2,(H,21,23). The topological polar surface area (TPSA) is 60.0 Å². The van der Waals surface area contributed by atoms with Gasteiger partial charge in [0.1, 0.15) is 0 Å². The van der Waals surface area contributed by atoms with E-state index in [9.17, 15) is 4.79 Å². The maximum atomic E-state index is 12.4. The van der Waals surface area contributed by atoms with Gasteiger partial charge in [-0.3, -0.25) is 4.79 Å². The van der Waals surface area contributed by atoms with Crippen LogP contribution in [0, 0.1) is 0 Å². The number of nitrogens with two attached hydrogens (primary N) is 1. The molecule has 3 aromatic rings. The average Bonchev–Trinajstić information content (AvgIpc) is 2.92. The molecular weight excluding hydrogens is 286 g/mol. The molecule has 0 unspecified atom stereocenters. The lowest BCUT2D eigenvalue weighted by atomic mass is 10.0. The van der Waals surface area contributed by atoms with Crippen molar-refractivity contribution in [2.45, 2.75) is 6.67 Å². The fraction of sp³-hybridized carbons (Fsp3) is 0.105. The predicted molar refractivity (Wildman–Crippen MR) is 92.8 cm³/mol. The lowest BCUT2D eigenvalue weighted by molar-refractivity contribution is 0.0961. The van der Waals surface area contributed by atoms with Crippen LogP contribution >= 0.6 is 0 Å². The summed E-state index contributed by atoms with van der Waals surface area (Å²) >= 11 is 0. The van der Waals surface area contributed by atoms with Gasteiger partial charge in [-0.05, 0) is 29.3 Å². The summed E-state index contributed by atoms with van der Waals surface area (Å²) < 4.78 is 1.99. The lowest BCUT2D eigenvalue weighted by Crippen LogP contribution is -2.23. The molecule has 1 aliphatic heterocycles. The first-order chi connectivity index (χ1) is 11.3. The lowest BCUT2D eigenvalue weighted by Gasteiger charge is -2.06. The number of amides is 1. The Kier molecular flexibility index (Phi) is 3.24. The van der Waals surface area contributed by atoms with Gasteiger partial charge in [-0.1, -0.05) is 36.4 Å². The molecular formula is C19H17N3O. The number of rotatable bonds is 2. The van der Waals surface area contributed by atoms with Crippen LogP contribution in [0.2, 0.25) is 0 Å². The Morgan fingerprint density at radius 1 is 1.09 bits per heavy atom. The number of carbonyl (C=O) groups excluding carboxylic acids is 1. The minimum atomic E-state index is -0.0388. The molecule has 4 rings (SSSR count). The van der Waals surface area contributed by atoms with Crippen molar-refractivity contribution in [1.29, 1.82) is 0 Å². The predicted octanol–water partition coefficient (Wildman–Crippen LogP) is 2.84. The molecule has 2 heterocycles. The van der Waals surface area contributed by atoms with Gasteiger partial charge in [0.15, 0.2) is 0 Å². The molecule has 1 aromatic heterocycles. The minimum absolute atomic E-state index is 0.0388. The summed E-state index contributed by atoms with van der Waals surface area (Å²) in [5, 5.41) is 3.98. The minimum Gasteiger partial charge on any atom is -0.348 e. The van der Waals surface area contributed by atoms with Crippen molar-refractivity contribution in [3.05, 3.63) is 71.4 Å². The number of hydrogen-bond donors (Lipinski definition) is 2. The summed E-state index contributed by atoms with van der Waals surface area (Å²) in [6.45, 7) is 0.895. The van der Waals surface area contributed by atoms with Crippen LogP contribution in [-0.2, 0) is 6.67 Å². The van der Waals surface area contributed by atoms with Gasteiger partial charge in [-0.15, -0.1) is 0 Å². The summed E-state index contributed by atoms with van der Waals surface area (Å²) in [5.74, 6) is -0.0388. The second-order valence-electron chi connectivity index (χ2n) is 5.66. The molecule has 4 heteroatoms. The van der Waals surface area contributed by atoms with Gasteiger partial charge >= 0.3 is 0 Å². The molecule has 0 bridgehead atoms. The van der Waals surface area contributed by atoms with Crippen molar-refractivity contribution in [3.63, 3.8) is 0 Å². The zero-order valence-electron chi connectivity index (χ0n) is 12.6. The Bertz CT molecular complexity index is 922. The van der Waals surface area contributed by atoms with Crippen molar-refractivity contribution >= 4 is 28.5 Å². The molecule has 114 valence electrons. The van der Waals surface area contributed by atoms with Crippen molar-refractivity contribution in [2.24, 2.45) is 5.73 Å². The fourth-order valence-electron chi connectivity index (χ4n) is 3.18. The third-order valence-corrected chi connectivity index (χ3v) is 4.27. The van der Waals surface area contributed by atoms with E-state index < -0.39 is 0 Å². The SMILES string of the molecule is NCn1cc2c3c(cccc31)C(=O)NCC2=Cc1ccccc1. The van der Waals surface area contributed by atoms with E-state index in [0.29, 0.717) is 18.8 Å². The highest BCUT2D eigenvalue weighted by molar-refractivity contribution is 6.13. The van der Waals surface area contributed by atoms with Gasteiger partial charge in [-0.2, -0.15) is 0 Å². The van der Waals surface area contributed by atoms with Crippen LogP contribution in [0.3, 0.4) is 0 Å².